The van der Waals surface area contributed by atoms with Crippen LogP contribution in [-0.2, 0) is 0 Å². The van der Waals surface area contributed by atoms with Crippen molar-refractivity contribution < 1.29 is 4.79 Å². The van der Waals surface area contributed by atoms with Crippen molar-refractivity contribution in [1.29, 1.82) is 0 Å². The average molecular weight is 257 g/mol. The first-order valence-electron chi connectivity index (χ1n) is 7.24. The standard InChI is InChI=1S/C15H19N3O/c19-15(18-9-10-4-5-11(18)8-10)12-2-1-3-13-14(12)17-7-6-16-13/h1-3,10-11,16-17H,4-9H2. The number of rotatable bonds is 1. The molecule has 1 aromatic rings. The predicted molar refractivity (Wildman–Crippen MR) is 75.6 cm³/mol. The summed E-state index contributed by atoms with van der Waals surface area (Å²) in [5.41, 5.74) is 2.88. The minimum Gasteiger partial charge on any atom is -0.382 e. The molecule has 1 saturated carbocycles. The van der Waals surface area contributed by atoms with Gasteiger partial charge in [0.15, 0.2) is 0 Å². The number of carbonyl (C=O) groups is 1. The number of carbonyl (C=O) groups excluding carboxylic acids is 1. The highest BCUT2D eigenvalue weighted by Crippen LogP contribution is 2.39. The van der Waals surface area contributed by atoms with Crippen LogP contribution in [0.3, 0.4) is 0 Å². The van der Waals surface area contributed by atoms with Gasteiger partial charge in [0, 0.05) is 25.7 Å². The van der Waals surface area contributed by atoms with Crippen LogP contribution in [0.15, 0.2) is 18.2 Å². The number of benzene rings is 1. The number of amides is 1. The van der Waals surface area contributed by atoms with Gasteiger partial charge in [0.1, 0.15) is 0 Å². The van der Waals surface area contributed by atoms with E-state index in [1.54, 1.807) is 0 Å². The zero-order valence-corrected chi connectivity index (χ0v) is 11.0. The molecule has 1 amide bonds. The molecule has 2 aliphatic heterocycles. The molecule has 0 spiro atoms. The van der Waals surface area contributed by atoms with Crippen molar-refractivity contribution in [2.45, 2.75) is 25.3 Å². The van der Waals surface area contributed by atoms with E-state index in [9.17, 15) is 4.79 Å². The van der Waals surface area contributed by atoms with Crippen LogP contribution in [0.1, 0.15) is 29.6 Å². The second-order valence-electron chi connectivity index (χ2n) is 5.87. The Morgan fingerprint density at radius 3 is 2.89 bits per heavy atom. The van der Waals surface area contributed by atoms with Gasteiger partial charge in [-0.05, 0) is 37.3 Å². The smallest absolute Gasteiger partial charge is 0.256 e. The van der Waals surface area contributed by atoms with Crippen LogP contribution in [0.4, 0.5) is 11.4 Å². The van der Waals surface area contributed by atoms with Gasteiger partial charge in [-0.25, -0.2) is 0 Å². The van der Waals surface area contributed by atoms with E-state index >= 15 is 0 Å². The number of hydrogen-bond donors (Lipinski definition) is 2. The molecule has 0 aromatic heterocycles. The molecule has 2 unspecified atom stereocenters. The van der Waals surface area contributed by atoms with E-state index in [-0.39, 0.29) is 5.91 Å². The Balaban J connectivity index is 1.67. The minimum atomic E-state index is 0.209. The lowest BCUT2D eigenvalue weighted by atomic mass is 10.1. The SMILES string of the molecule is O=C(c1cccc2c1NCCN2)N1CC2CCC1C2. The van der Waals surface area contributed by atoms with Gasteiger partial charge in [-0.1, -0.05) is 6.07 Å². The number of nitrogens with one attached hydrogen (secondary N) is 2. The van der Waals surface area contributed by atoms with Gasteiger partial charge in [-0.3, -0.25) is 4.79 Å². The van der Waals surface area contributed by atoms with Crippen molar-refractivity contribution in [2.24, 2.45) is 5.92 Å². The second kappa shape index (κ2) is 4.15. The Bertz CT molecular complexity index is 528. The highest BCUT2D eigenvalue weighted by Gasteiger charge is 2.41. The number of anilines is 2. The normalized spacial score (nSPS) is 27.7. The van der Waals surface area contributed by atoms with Gasteiger partial charge >= 0.3 is 0 Å². The quantitative estimate of drug-likeness (QED) is 0.810. The number of hydrogen-bond acceptors (Lipinski definition) is 3. The van der Waals surface area contributed by atoms with E-state index in [4.69, 9.17) is 0 Å². The molecule has 2 fully saturated rings. The van der Waals surface area contributed by atoms with Gasteiger partial charge in [0.05, 0.1) is 16.9 Å². The van der Waals surface area contributed by atoms with Crippen molar-refractivity contribution >= 4 is 17.3 Å². The Morgan fingerprint density at radius 1 is 1.21 bits per heavy atom. The Morgan fingerprint density at radius 2 is 2.11 bits per heavy atom. The average Bonchev–Trinajstić information content (AvgIpc) is 3.08. The number of piperidine rings is 1. The lowest BCUT2D eigenvalue weighted by Gasteiger charge is -2.29. The molecule has 2 bridgehead atoms. The summed E-state index contributed by atoms with van der Waals surface area (Å²) in [6.45, 7) is 2.75. The molecule has 1 aromatic carbocycles. The molecule has 0 radical (unpaired) electrons. The predicted octanol–water partition coefficient (Wildman–Crippen LogP) is 2.15. The van der Waals surface area contributed by atoms with E-state index < -0.39 is 0 Å². The summed E-state index contributed by atoms with van der Waals surface area (Å²) in [5.74, 6) is 0.958. The topological polar surface area (TPSA) is 44.4 Å². The van der Waals surface area contributed by atoms with E-state index in [2.05, 4.69) is 15.5 Å². The minimum absolute atomic E-state index is 0.209. The number of nitrogens with zero attached hydrogens (tertiary/aromatic N) is 1. The molecular weight excluding hydrogens is 238 g/mol. The van der Waals surface area contributed by atoms with Gasteiger partial charge in [-0.2, -0.15) is 0 Å². The fourth-order valence-electron chi connectivity index (χ4n) is 3.78. The maximum Gasteiger partial charge on any atom is 0.256 e. The monoisotopic (exact) mass is 257 g/mol. The molecule has 2 atom stereocenters. The van der Waals surface area contributed by atoms with Crippen molar-refractivity contribution in [3.63, 3.8) is 0 Å². The third-order valence-corrected chi connectivity index (χ3v) is 4.71. The van der Waals surface area contributed by atoms with Crippen LogP contribution < -0.4 is 10.6 Å². The van der Waals surface area contributed by atoms with Crippen molar-refractivity contribution in [3.8, 4) is 0 Å². The van der Waals surface area contributed by atoms with Crippen LogP contribution in [0.2, 0.25) is 0 Å². The molecular formula is C15H19N3O. The van der Waals surface area contributed by atoms with E-state index in [1.807, 2.05) is 18.2 Å². The number of para-hydroxylation sites is 1. The summed E-state index contributed by atoms with van der Waals surface area (Å²) < 4.78 is 0. The molecule has 3 aliphatic rings. The van der Waals surface area contributed by atoms with Crippen molar-refractivity contribution in [1.82, 2.24) is 4.90 Å². The van der Waals surface area contributed by atoms with Crippen LogP contribution in [0.25, 0.3) is 0 Å². The zero-order valence-electron chi connectivity index (χ0n) is 11.0. The highest BCUT2D eigenvalue weighted by atomic mass is 16.2. The van der Waals surface area contributed by atoms with Crippen molar-refractivity contribution in [2.75, 3.05) is 30.3 Å². The van der Waals surface area contributed by atoms with E-state index in [0.717, 1.165) is 42.5 Å². The molecule has 4 rings (SSSR count). The molecule has 2 N–H and O–H groups in total. The van der Waals surface area contributed by atoms with Crippen LogP contribution in [-0.4, -0.2) is 36.5 Å². The largest absolute Gasteiger partial charge is 0.382 e. The Kier molecular flexibility index (Phi) is 2.43. The van der Waals surface area contributed by atoms with Gasteiger partial charge in [0.25, 0.3) is 5.91 Å². The maximum atomic E-state index is 12.8. The van der Waals surface area contributed by atoms with Gasteiger partial charge in [0.2, 0.25) is 0 Å². The molecule has 100 valence electrons. The van der Waals surface area contributed by atoms with Crippen LogP contribution in [0, 0.1) is 5.92 Å². The fourth-order valence-corrected chi connectivity index (χ4v) is 3.78. The first kappa shape index (κ1) is 11.1. The molecule has 19 heavy (non-hydrogen) atoms. The van der Waals surface area contributed by atoms with Crippen LogP contribution in [0.5, 0.6) is 0 Å². The van der Waals surface area contributed by atoms with E-state index in [0.29, 0.717) is 6.04 Å². The molecule has 1 aliphatic carbocycles. The summed E-state index contributed by atoms with van der Waals surface area (Å²) >= 11 is 0. The lowest BCUT2D eigenvalue weighted by Crippen LogP contribution is -2.38. The van der Waals surface area contributed by atoms with Crippen LogP contribution >= 0.6 is 0 Å². The third kappa shape index (κ3) is 1.70. The highest BCUT2D eigenvalue weighted by molar-refractivity contribution is 6.03. The summed E-state index contributed by atoms with van der Waals surface area (Å²) in [6.07, 6.45) is 3.71. The molecule has 4 nitrogen and oxygen atoms in total. The summed E-state index contributed by atoms with van der Waals surface area (Å²) in [5, 5.41) is 6.72. The summed E-state index contributed by atoms with van der Waals surface area (Å²) in [6, 6.07) is 6.45. The summed E-state index contributed by atoms with van der Waals surface area (Å²) in [4.78, 5) is 14.9. The Hall–Kier alpha value is -1.71. The van der Waals surface area contributed by atoms with Crippen molar-refractivity contribution in [3.05, 3.63) is 23.8 Å². The first-order valence-corrected chi connectivity index (χ1v) is 7.24. The van der Waals surface area contributed by atoms with E-state index in [1.165, 1.54) is 19.3 Å². The molecule has 4 heteroatoms. The maximum absolute atomic E-state index is 12.8. The fraction of sp³-hybridized carbons (Fsp3) is 0.533. The lowest BCUT2D eigenvalue weighted by molar-refractivity contribution is 0.0704. The van der Waals surface area contributed by atoms with Gasteiger partial charge in [-0.15, -0.1) is 0 Å². The second-order valence-corrected chi connectivity index (χ2v) is 5.87. The summed E-state index contributed by atoms with van der Waals surface area (Å²) in [7, 11) is 0. The molecule has 2 heterocycles. The Labute approximate surface area is 113 Å². The zero-order chi connectivity index (χ0) is 12.8. The third-order valence-electron chi connectivity index (χ3n) is 4.71. The molecule has 1 saturated heterocycles. The number of likely N-dealkylation sites (tertiary alicyclic amines) is 1. The number of fused-ring (bicyclic) bond motifs is 3. The van der Waals surface area contributed by atoms with Gasteiger partial charge < -0.3 is 15.5 Å². The first-order chi connectivity index (χ1) is 9.33.